The topological polar surface area (TPSA) is 27.0 Å². The Morgan fingerprint density at radius 2 is 1.64 bits per heavy atom. The molecule has 5 heteroatoms. The molecule has 0 aliphatic rings. The molecule has 0 aliphatic carbocycles. The molecule has 1 aromatic carbocycles. The number of rotatable bonds is 6. The van der Waals surface area contributed by atoms with Gasteiger partial charge in [0.15, 0.2) is 0 Å². The Bertz CT molecular complexity index is 507. The van der Waals surface area contributed by atoms with Gasteiger partial charge in [0.05, 0.1) is 17.6 Å². The van der Waals surface area contributed by atoms with Crippen LogP contribution in [0, 0.1) is 11.3 Å². The zero-order chi connectivity index (χ0) is 16.9. The van der Waals surface area contributed by atoms with Crippen molar-refractivity contribution in [3.63, 3.8) is 0 Å². The number of nitrogens with zero attached hydrogens (tertiary/aromatic N) is 2. The Labute approximate surface area is 130 Å². The lowest BCUT2D eigenvalue weighted by Crippen LogP contribution is -2.38. The third-order valence-corrected chi connectivity index (χ3v) is 3.80. The van der Waals surface area contributed by atoms with E-state index in [1.165, 1.54) is 12.1 Å². The minimum absolute atomic E-state index is 0.0740. The SMILES string of the molecule is CC(C)N(CCC(C#N)c1ccccc1C(F)(F)F)C(C)C. The molecule has 0 saturated carbocycles. The molecular formula is C17H23F3N2. The van der Waals surface area contributed by atoms with Gasteiger partial charge in [0.2, 0.25) is 0 Å². The third-order valence-electron chi connectivity index (χ3n) is 3.80. The zero-order valence-electron chi connectivity index (χ0n) is 13.5. The Hall–Kier alpha value is -1.54. The van der Waals surface area contributed by atoms with Crippen molar-refractivity contribution in [3.05, 3.63) is 35.4 Å². The Morgan fingerprint density at radius 1 is 1.09 bits per heavy atom. The predicted octanol–water partition coefficient (Wildman–Crippen LogP) is 4.82. The summed E-state index contributed by atoms with van der Waals surface area (Å²) in [6, 6.07) is 7.98. The summed E-state index contributed by atoms with van der Waals surface area (Å²) < 4.78 is 39.2. The molecule has 0 heterocycles. The second-order valence-electron chi connectivity index (χ2n) is 5.98. The van der Waals surface area contributed by atoms with Crippen LogP contribution >= 0.6 is 0 Å². The Balaban J connectivity index is 2.97. The number of hydrogen-bond donors (Lipinski definition) is 0. The minimum atomic E-state index is -4.43. The van der Waals surface area contributed by atoms with E-state index >= 15 is 0 Å². The molecule has 0 N–H and O–H groups in total. The van der Waals surface area contributed by atoms with Gasteiger partial charge < -0.3 is 0 Å². The average Bonchev–Trinajstić information content (AvgIpc) is 2.42. The van der Waals surface area contributed by atoms with E-state index in [0.29, 0.717) is 13.0 Å². The van der Waals surface area contributed by atoms with Gasteiger partial charge in [-0.15, -0.1) is 0 Å². The van der Waals surface area contributed by atoms with Gasteiger partial charge in [-0.25, -0.2) is 0 Å². The van der Waals surface area contributed by atoms with E-state index < -0.39 is 17.7 Å². The van der Waals surface area contributed by atoms with E-state index in [4.69, 9.17) is 0 Å². The quantitative estimate of drug-likeness (QED) is 0.753. The fraction of sp³-hybridized carbons (Fsp3) is 0.588. The summed E-state index contributed by atoms with van der Waals surface area (Å²) in [7, 11) is 0. The summed E-state index contributed by atoms with van der Waals surface area (Å²) in [5, 5.41) is 9.32. The summed E-state index contributed by atoms with van der Waals surface area (Å²) >= 11 is 0. The highest BCUT2D eigenvalue weighted by molar-refractivity contribution is 5.35. The van der Waals surface area contributed by atoms with Crippen LogP contribution in [0.3, 0.4) is 0 Å². The maximum Gasteiger partial charge on any atom is 0.416 e. The smallest absolute Gasteiger partial charge is 0.298 e. The van der Waals surface area contributed by atoms with Crippen molar-refractivity contribution >= 4 is 0 Å². The fourth-order valence-corrected chi connectivity index (χ4v) is 2.74. The third kappa shape index (κ3) is 4.74. The number of halogens is 3. The van der Waals surface area contributed by atoms with Gasteiger partial charge in [-0.05, 0) is 45.7 Å². The second kappa shape index (κ2) is 7.64. The van der Waals surface area contributed by atoms with Crippen molar-refractivity contribution in [1.82, 2.24) is 4.90 Å². The van der Waals surface area contributed by atoms with Crippen LogP contribution in [-0.2, 0) is 6.18 Å². The standard InChI is InChI=1S/C17H23F3N2/c1-12(2)22(13(3)4)10-9-14(11-21)15-7-5-6-8-16(15)17(18,19)20/h5-8,12-14H,9-10H2,1-4H3. The van der Waals surface area contributed by atoms with Gasteiger partial charge in [0.25, 0.3) is 0 Å². The normalized spacial score (nSPS) is 13.7. The molecule has 0 radical (unpaired) electrons. The minimum Gasteiger partial charge on any atom is -0.298 e. The van der Waals surface area contributed by atoms with Gasteiger partial charge in [-0.1, -0.05) is 18.2 Å². The molecule has 1 unspecified atom stereocenters. The van der Waals surface area contributed by atoms with Crippen molar-refractivity contribution in [2.24, 2.45) is 0 Å². The van der Waals surface area contributed by atoms with Crippen LogP contribution in [0.5, 0.6) is 0 Å². The lowest BCUT2D eigenvalue weighted by molar-refractivity contribution is -0.138. The van der Waals surface area contributed by atoms with E-state index in [1.54, 1.807) is 6.07 Å². The van der Waals surface area contributed by atoms with Crippen molar-refractivity contribution in [2.75, 3.05) is 6.54 Å². The first-order chi connectivity index (χ1) is 10.2. The number of nitriles is 1. The van der Waals surface area contributed by atoms with Crippen molar-refractivity contribution in [2.45, 2.75) is 58.3 Å². The molecule has 1 atom stereocenters. The van der Waals surface area contributed by atoms with Crippen molar-refractivity contribution in [1.29, 1.82) is 5.26 Å². The average molecular weight is 312 g/mol. The molecule has 122 valence electrons. The summed E-state index contributed by atoms with van der Waals surface area (Å²) in [6.07, 6.45) is -4.04. The van der Waals surface area contributed by atoms with Crippen LogP contribution in [0.1, 0.15) is 51.2 Å². The highest BCUT2D eigenvalue weighted by Gasteiger charge is 2.35. The number of benzene rings is 1. The largest absolute Gasteiger partial charge is 0.416 e. The molecule has 0 spiro atoms. The first-order valence-corrected chi connectivity index (χ1v) is 7.50. The molecule has 0 aliphatic heterocycles. The lowest BCUT2D eigenvalue weighted by atomic mass is 9.92. The molecule has 0 saturated heterocycles. The van der Waals surface area contributed by atoms with E-state index in [9.17, 15) is 18.4 Å². The maximum atomic E-state index is 13.1. The molecule has 0 amide bonds. The molecule has 2 nitrogen and oxygen atoms in total. The summed E-state index contributed by atoms with van der Waals surface area (Å²) in [5.74, 6) is -0.752. The van der Waals surface area contributed by atoms with Gasteiger partial charge in [-0.3, -0.25) is 4.90 Å². The van der Waals surface area contributed by atoms with E-state index in [1.807, 2.05) is 33.8 Å². The first kappa shape index (κ1) is 18.5. The van der Waals surface area contributed by atoms with Crippen LogP contribution in [0.15, 0.2) is 24.3 Å². The van der Waals surface area contributed by atoms with Gasteiger partial charge in [0.1, 0.15) is 0 Å². The Kier molecular flexibility index (Phi) is 6.43. The molecule has 1 rings (SSSR count). The van der Waals surface area contributed by atoms with Gasteiger partial charge >= 0.3 is 6.18 Å². The van der Waals surface area contributed by atoms with Crippen LogP contribution < -0.4 is 0 Å². The van der Waals surface area contributed by atoms with Crippen molar-refractivity contribution < 1.29 is 13.2 Å². The first-order valence-electron chi connectivity index (χ1n) is 7.50. The molecule has 22 heavy (non-hydrogen) atoms. The van der Waals surface area contributed by atoms with Crippen LogP contribution in [0.25, 0.3) is 0 Å². The molecular weight excluding hydrogens is 289 g/mol. The predicted molar refractivity (Wildman–Crippen MR) is 81.4 cm³/mol. The van der Waals surface area contributed by atoms with E-state index in [2.05, 4.69) is 4.90 Å². The fourth-order valence-electron chi connectivity index (χ4n) is 2.74. The lowest BCUT2D eigenvalue weighted by Gasteiger charge is -2.31. The van der Waals surface area contributed by atoms with Crippen molar-refractivity contribution in [3.8, 4) is 6.07 Å². The van der Waals surface area contributed by atoms with Crippen LogP contribution in [0.4, 0.5) is 13.2 Å². The number of alkyl halides is 3. The van der Waals surface area contributed by atoms with Gasteiger partial charge in [0, 0.05) is 18.6 Å². The molecule has 0 aromatic heterocycles. The Morgan fingerprint density at radius 3 is 2.09 bits per heavy atom. The zero-order valence-corrected chi connectivity index (χ0v) is 13.5. The monoisotopic (exact) mass is 312 g/mol. The van der Waals surface area contributed by atoms with E-state index in [-0.39, 0.29) is 17.6 Å². The number of hydrogen-bond acceptors (Lipinski definition) is 2. The highest BCUT2D eigenvalue weighted by Crippen LogP contribution is 2.36. The molecule has 1 aromatic rings. The molecule has 0 fully saturated rings. The van der Waals surface area contributed by atoms with E-state index in [0.717, 1.165) is 6.07 Å². The van der Waals surface area contributed by atoms with Crippen LogP contribution in [0.2, 0.25) is 0 Å². The summed E-state index contributed by atoms with van der Waals surface area (Å²) in [6.45, 7) is 8.78. The molecule has 0 bridgehead atoms. The summed E-state index contributed by atoms with van der Waals surface area (Å²) in [5.41, 5.74) is -0.632. The van der Waals surface area contributed by atoms with Gasteiger partial charge in [-0.2, -0.15) is 18.4 Å². The maximum absolute atomic E-state index is 13.1. The summed E-state index contributed by atoms with van der Waals surface area (Å²) in [4.78, 5) is 2.18. The highest BCUT2D eigenvalue weighted by atomic mass is 19.4. The van der Waals surface area contributed by atoms with Crippen LogP contribution in [-0.4, -0.2) is 23.5 Å². The second-order valence-corrected chi connectivity index (χ2v) is 5.98.